The van der Waals surface area contributed by atoms with Crippen molar-refractivity contribution in [2.75, 3.05) is 0 Å². The van der Waals surface area contributed by atoms with E-state index >= 15 is 0 Å². The third kappa shape index (κ3) is 16.2. The predicted octanol–water partition coefficient (Wildman–Crippen LogP) is 25.5. The summed E-state index contributed by atoms with van der Waals surface area (Å²) < 4.78 is 48.5. The molecular weight excluding hydrogens is 1140 g/mol. The van der Waals surface area contributed by atoms with Gasteiger partial charge in [-0.3, -0.25) is 0 Å². The molecule has 522 valence electrons. The first kappa shape index (κ1) is 73.3. The van der Waals surface area contributed by atoms with Crippen molar-refractivity contribution < 1.29 is 27.1 Å². The molecule has 0 bridgehead atoms. The molecule has 6 nitrogen and oxygen atoms in total. The molecule has 2 heterocycles. The average Bonchev–Trinajstić information content (AvgIpc) is 0.736. The molecule has 0 aromatic heterocycles. The lowest BCUT2D eigenvalue weighted by Crippen LogP contribution is -2.60. The highest BCUT2D eigenvalue weighted by Crippen LogP contribution is 2.72. The van der Waals surface area contributed by atoms with Gasteiger partial charge in [0, 0.05) is 0 Å². The van der Waals surface area contributed by atoms with Crippen molar-refractivity contribution >= 4 is 17.2 Å². The topological polar surface area (TPSA) is 55.4 Å². The second-order valence-electron chi connectivity index (χ2n) is 45.0. The SMILES string of the molecule is CC(C)(C)CC(C)(C)C1CC(C2CC(C(C)(C)CC(C)(C)C)CC(C3(C)CC(C)(C)C3)C2OP2OC3CCC(C(C)(C)C)CC3C3CC(C(C)(C)C)CCC3O2)C(OP2OC3CCC(C(C)(C)C)CC3C3CC(C(C)(C)C)CCC3O2)C(C2(C)CC(C)(C)C2)C1. The predicted molar refractivity (Wildman–Crippen MR) is 382 cm³/mol. The molecule has 0 amide bonds. The van der Waals surface area contributed by atoms with Crippen molar-refractivity contribution in [3.05, 3.63) is 0 Å². The molecule has 2 aliphatic heterocycles. The van der Waals surface area contributed by atoms with Gasteiger partial charge in [-0.2, -0.15) is 0 Å². The molecule has 0 radical (unpaired) electrons. The third-order valence-corrected chi connectivity index (χ3v) is 31.1. The van der Waals surface area contributed by atoms with Crippen molar-refractivity contribution in [3.63, 3.8) is 0 Å². The Morgan fingerprint density at radius 3 is 0.756 bits per heavy atom. The van der Waals surface area contributed by atoms with E-state index in [1.165, 1.54) is 103 Å². The van der Waals surface area contributed by atoms with Crippen LogP contribution in [0.15, 0.2) is 0 Å². The zero-order valence-electron chi connectivity index (χ0n) is 64.4. The Kier molecular flexibility index (Phi) is 20.7. The van der Waals surface area contributed by atoms with Crippen LogP contribution in [0.2, 0.25) is 0 Å². The first-order chi connectivity index (χ1) is 40.9. The van der Waals surface area contributed by atoms with Gasteiger partial charge < -0.3 is 27.1 Å². The van der Waals surface area contributed by atoms with Crippen molar-refractivity contribution in [3.8, 4) is 0 Å². The highest BCUT2D eigenvalue weighted by molar-refractivity contribution is 7.42. The molecule has 20 atom stereocenters. The van der Waals surface area contributed by atoms with Crippen LogP contribution in [0.5, 0.6) is 0 Å². The summed E-state index contributed by atoms with van der Waals surface area (Å²) in [5.41, 5.74) is 2.67. The molecule has 8 saturated carbocycles. The van der Waals surface area contributed by atoms with E-state index in [9.17, 15) is 0 Å². The molecule has 20 unspecified atom stereocenters. The second-order valence-corrected chi connectivity index (χ2v) is 47.2. The van der Waals surface area contributed by atoms with E-state index in [4.69, 9.17) is 27.1 Å². The Labute approximate surface area is 560 Å². The Morgan fingerprint density at radius 2 is 0.544 bits per heavy atom. The number of rotatable bonds is 11. The molecule has 90 heavy (non-hydrogen) atoms. The summed E-state index contributed by atoms with van der Waals surface area (Å²) in [7, 11) is -3.27. The minimum atomic E-state index is -1.64. The normalized spacial score (nSPS) is 42.8. The number of fused-ring (bicyclic) bond motifs is 6. The van der Waals surface area contributed by atoms with Crippen LogP contribution in [0.1, 0.15) is 335 Å². The fraction of sp³-hybridized carbons (Fsp3) is 1.00. The molecule has 0 N–H and O–H groups in total. The van der Waals surface area contributed by atoms with E-state index in [2.05, 4.69) is 194 Å². The van der Waals surface area contributed by atoms with Crippen LogP contribution in [0.25, 0.3) is 0 Å². The molecule has 0 aromatic rings. The van der Waals surface area contributed by atoms with Crippen molar-refractivity contribution in [1.29, 1.82) is 0 Å². The van der Waals surface area contributed by atoms with E-state index < -0.39 is 17.2 Å². The summed E-state index contributed by atoms with van der Waals surface area (Å²) in [5, 5.41) is 0. The minimum Gasteiger partial charge on any atom is -0.309 e. The van der Waals surface area contributed by atoms with Gasteiger partial charge in [0.25, 0.3) is 0 Å². The van der Waals surface area contributed by atoms with Gasteiger partial charge in [-0.15, -0.1) is 0 Å². The average molecular weight is 1290 g/mol. The maximum absolute atomic E-state index is 8.51. The lowest BCUT2D eigenvalue weighted by atomic mass is 9.42. The fourth-order valence-electron chi connectivity index (χ4n) is 25.2. The van der Waals surface area contributed by atoms with Crippen molar-refractivity contribution in [1.82, 2.24) is 0 Å². The summed E-state index contributed by atoms with van der Waals surface area (Å²) in [6.07, 6.45) is 27.2. The highest BCUT2D eigenvalue weighted by atomic mass is 31.2. The van der Waals surface area contributed by atoms with E-state index in [0.29, 0.717) is 81.8 Å². The lowest BCUT2D eigenvalue weighted by Gasteiger charge is -2.64. The summed E-state index contributed by atoms with van der Waals surface area (Å²) in [6, 6.07) is 0. The van der Waals surface area contributed by atoms with Crippen LogP contribution in [0.4, 0.5) is 0 Å². The Hall–Kier alpha value is 0.620. The number of hydrogen-bond acceptors (Lipinski definition) is 6. The molecule has 2 saturated heterocycles. The quantitative estimate of drug-likeness (QED) is 0.192. The molecule has 0 spiro atoms. The zero-order chi connectivity index (χ0) is 66.5. The van der Waals surface area contributed by atoms with E-state index in [0.717, 1.165) is 38.5 Å². The summed E-state index contributed by atoms with van der Waals surface area (Å²) >= 11 is 0. The van der Waals surface area contributed by atoms with Crippen molar-refractivity contribution in [2.45, 2.75) is 372 Å². The standard InChI is InChI=1S/C82H148O6P2/c1-71(2,3)45-79(23,24)55-41-61(69(63(43-55)81(27)47-77(19,20)48-81)87-89-83-65-33-29-51(73(7,8)9)37-57(65)58-38-52(74(10,11)12)30-34-66(58)84-89)62-42-56(80(25,26)46-72(4,5)6)44-64(82(28)49-78(21,22)50-82)70(62)88-90-85-67-35-31-53(75(13,14)15)39-59(67)60-40-54(76(16,17)18)32-36-68(60)86-90/h51-70H,29-50H2,1-28H3. The first-order valence-corrected chi connectivity index (χ1v) is 40.7. The largest absolute Gasteiger partial charge is 0.333 e. The third-order valence-electron chi connectivity index (χ3n) is 28.5. The highest BCUT2D eigenvalue weighted by Gasteiger charge is 2.65. The summed E-state index contributed by atoms with van der Waals surface area (Å²) in [4.78, 5) is 0. The Balaban J connectivity index is 1.12. The van der Waals surface area contributed by atoms with E-state index in [1.807, 2.05) is 0 Å². The minimum absolute atomic E-state index is 0.00421. The lowest BCUT2D eigenvalue weighted by molar-refractivity contribution is -0.185. The van der Waals surface area contributed by atoms with Crippen LogP contribution < -0.4 is 0 Å². The van der Waals surface area contributed by atoms with E-state index in [1.54, 1.807) is 0 Å². The van der Waals surface area contributed by atoms with Gasteiger partial charge in [-0.25, -0.2) is 0 Å². The van der Waals surface area contributed by atoms with Gasteiger partial charge in [0.2, 0.25) is 0 Å². The van der Waals surface area contributed by atoms with Crippen LogP contribution >= 0.6 is 17.2 Å². The monoisotopic (exact) mass is 1290 g/mol. The second kappa shape index (κ2) is 25.4. The van der Waals surface area contributed by atoms with Crippen molar-refractivity contribution in [2.24, 2.45) is 148 Å². The van der Waals surface area contributed by atoms with E-state index in [-0.39, 0.29) is 103 Å². The summed E-state index contributed by atoms with van der Waals surface area (Å²) in [5.74, 6) is 7.13. The van der Waals surface area contributed by atoms with Gasteiger partial charge in [-0.1, -0.05) is 194 Å². The molecule has 8 aliphatic carbocycles. The van der Waals surface area contributed by atoms with Gasteiger partial charge >= 0.3 is 17.2 Å². The van der Waals surface area contributed by atoms with Gasteiger partial charge in [0.05, 0.1) is 36.6 Å². The van der Waals surface area contributed by atoms with Gasteiger partial charge in [0.15, 0.2) is 0 Å². The van der Waals surface area contributed by atoms with Crippen LogP contribution in [0.3, 0.4) is 0 Å². The Bertz CT molecular complexity index is 2150. The van der Waals surface area contributed by atoms with Gasteiger partial charge in [-0.05, 0) is 289 Å². The fourth-order valence-corrected chi connectivity index (χ4v) is 28.4. The molecule has 8 heteroatoms. The van der Waals surface area contributed by atoms with Crippen LogP contribution in [0, 0.1) is 148 Å². The zero-order valence-corrected chi connectivity index (χ0v) is 66.2. The smallest absolute Gasteiger partial charge is 0.309 e. The maximum atomic E-state index is 8.51. The van der Waals surface area contributed by atoms with Crippen LogP contribution in [-0.2, 0) is 27.1 Å². The Morgan fingerprint density at radius 1 is 0.311 bits per heavy atom. The molecular formula is C82H148O6P2. The van der Waals surface area contributed by atoms with Crippen LogP contribution in [-0.4, -0.2) is 36.6 Å². The van der Waals surface area contributed by atoms with Gasteiger partial charge in [0.1, 0.15) is 0 Å². The molecule has 10 aliphatic rings. The number of hydrogen-bond donors (Lipinski definition) is 0. The molecule has 0 aromatic carbocycles. The molecule has 10 rings (SSSR count). The maximum Gasteiger partial charge on any atom is 0.333 e. The first-order valence-electron chi connectivity index (χ1n) is 38.5. The summed E-state index contributed by atoms with van der Waals surface area (Å²) in [6.45, 7) is 71.6. The molecule has 10 fully saturated rings.